The zero-order valence-electron chi connectivity index (χ0n) is 12.1. The van der Waals surface area contributed by atoms with E-state index in [1.54, 1.807) is 11.3 Å². The lowest BCUT2D eigenvalue weighted by Crippen LogP contribution is -2.51. The van der Waals surface area contributed by atoms with Crippen molar-refractivity contribution >= 4 is 22.3 Å². The summed E-state index contributed by atoms with van der Waals surface area (Å²) in [4.78, 5) is 21.4. The van der Waals surface area contributed by atoms with E-state index in [4.69, 9.17) is 0 Å². The Bertz CT molecular complexity index is 577. The number of nitrogens with zero attached hydrogens (tertiary/aromatic N) is 3. The highest BCUT2D eigenvalue weighted by Gasteiger charge is 2.26. The molecule has 110 valence electrons. The fourth-order valence-electron chi connectivity index (χ4n) is 2.68. The van der Waals surface area contributed by atoms with Crippen molar-refractivity contribution in [3.63, 3.8) is 0 Å². The molecule has 1 aromatic heterocycles. The van der Waals surface area contributed by atoms with E-state index in [9.17, 15) is 4.79 Å². The molecular weight excluding hydrogens is 282 g/mol. The minimum atomic E-state index is -0.0640. The van der Waals surface area contributed by atoms with E-state index in [-0.39, 0.29) is 11.8 Å². The fraction of sp³-hybridized carbons (Fsp3) is 0.375. The minimum absolute atomic E-state index is 0.0640. The lowest BCUT2D eigenvalue weighted by Gasteiger charge is -2.37. The van der Waals surface area contributed by atoms with Crippen molar-refractivity contribution in [2.45, 2.75) is 13.0 Å². The van der Waals surface area contributed by atoms with Gasteiger partial charge in [-0.25, -0.2) is 4.98 Å². The number of piperazine rings is 1. The van der Waals surface area contributed by atoms with Gasteiger partial charge in [0.05, 0.1) is 6.04 Å². The third-order valence-electron chi connectivity index (χ3n) is 3.99. The van der Waals surface area contributed by atoms with E-state index in [0.29, 0.717) is 0 Å². The first kappa shape index (κ1) is 14.2. The Balaban J connectivity index is 1.60. The molecule has 0 saturated carbocycles. The van der Waals surface area contributed by atoms with Gasteiger partial charge in [-0.15, -0.1) is 11.3 Å². The molecule has 0 spiro atoms. The van der Waals surface area contributed by atoms with Gasteiger partial charge in [-0.1, -0.05) is 30.3 Å². The van der Waals surface area contributed by atoms with Crippen LogP contribution in [0.2, 0.25) is 0 Å². The Morgan fingerprint density at radius 1 is 1.19 bits per heavy atom. The van der Waals surface area contributed by atoms with Crippen LogP contribution in [0.5, 0.6) is 0 Å². The lowest BCUT2D eigenvalue weighted by molar-refractivity contribution is 0.0830. The minimum Gasteiger partial charge on any atom is -0.346 e. The smallest absolute Gasteiger partial charge is 0.185 e. The number of hydrogen-bond acceptors (Lipinski definition) is 5. The predicted octanol–water partition coefficient (Wildman–Crippen LogP) is 2.54. The van der Waals surface area contributed by atoms with Crippen molar-refractivity contribution in [3.05, 3.63) is 47.5 Å². The summed E-state index contributed by atoms with van der Waals surface area (Å²) in [6.45, 7) is 5.67. The zero-order chi connectivity index (χ0) is 14.7. The molecule has 21 heavy (non-hydrogen) atoms. The second-order valence-electron chi connectivity index (χ2n) is 5.24. The van der Waals surface area contributed by atoms with Crippen molar-refractivity contribution in [1.82, 2.24) is 9.88 Å². The maximum absolute atomic E-state index is 12.5. The topological polar surface area (TPSA) is 36.4 Å². The van der Waals surface area contributed by atoms with E-state index in [2.05, 4.69) is 14.8 Å². The number of carbonyl (C=O) groups excluding carboxylic acids is 1. The Hall–Kier alpha value is -1.72. The van der Waals surface area contributed by atoms with Gasteiger partial charge in [-0.3, -0.25) is 9.69 Å². The van der Waals surface area contributed by atoms with Crippen LogP contribution in [-0.4, -0.2) is 47.9 Å². The van der Waals surface area contributed by atoms with Crippen LogP contribution in [0.15, 0.2) is 41.9 Å². The van der Waals surface area contributed by atoms with Crippen LogP contribution < -0.4 is 4.90 Å². The lowest BCUT2D eigenvalue weighted by atomic mass is 10.0. The standard InChI is InChI=1S/C16H19N3OS/c1-13(15(20)14-5-3-2-4-6-14)18-8-10-19(11-9-18)16-17-7-12-21-16/h2-7,12-13H,8-11H2,1H3. The van der Waals surface area contributed by atoms with Gasteiger partial charge < -0.3 is 4.90 Å². The van der Waals surface area contributed by atoms with Gasteiger partial charge in [0.15, 0.2) is 10.9 Å². The number of ketones is 1. The van der Waals surface area contributed by atoms with E-state index < -0.39 is 0 Å². The van der Waals surface area contributed by atoms with Crippen LogP contribution in [0.4, 0.5) is 5.13 Å². The Morgan fingerprint density at radius 3 is 2.52 bits per heavy atom. The highest BCUT2D eigenvalue weighted by atomic mass is 32.1. The third-order valence-corrected chi connectivity index (χ3v) is 4.82. The number of Topliss-reactive ketones (excluding diaryl/α,β-unsaturated/α-hetero) is 1. The molecule has 0 aliphatic carbocycles. The van der Waals surface area contributed by atoms with Crippen LogP contribution in [0, 0.1) is 0 Å². The number of aromatic nitrogens is 1. The van der Waals surface area contributed by atoms with Crippen molar-refractivity contribution in [2.75, 3.05) is 31.1 Å². The number of thiazole rings is 1. The number of hydrogen-bond donors (Lipinski definition) is 0. The molecule has 4 nitrogen and oxygen atoms in total. The highest BCUT2D eigenvalue weighted by molar-refractivity contribution is 7.13. The van der Waals surface area contributed by atoms with Gasteiger partial charge in [-0.05, 0) is 6.92 Å². The second kappa shape index (κ2) is 6.37. The van der Waals surface area contributed by atoms with Crippen molar-refractivity contribution < 1.29 is 4.79 Å². The second-order valence-corrected chi connectivity index (χ2v) is 6.12. The van der Waals surface area contributed by atoms with Crippen molar-refractivity contribution in [2.24, 2.45) is 0 Å². The van der Waals surface area contributed by atoms with Gasteiger partial charge in [0.2, 0.25) is 0 Å². The molecule has 1 fully saturated rings. The molecule has 0 N–H and O–H groups in total. The van der Waals surface area contributed by atoms with Crippen LogP contribution >= 0.6 is 11.3 Å². The van der Waals surface area contributed by atoms with Gasteiger partial charge in [-0.2, -0.15) is 0 Å². The summed E-state index contributed by atoms with van der Waals surface area (Å²) in [5.74, 6) is 0.207. The molecule has 0 bridgehead atoms. The summed E-state index contributed by atoms with van der Waals surface area (Å²) in [6, 6.07) is 9.50. The SMILES string of the molecule is CC(C(=O)c1ccccc1)N1CCN(c2nccs2)CC1. The molecule has 2 aromatic rings. The summed E-state index contributed by atoms with van der Waals surface area (Å²) in [7, 11) is 0. The molecule has 3 rings (SSSR count). The van der Waals surface area contributed by atoms with Gasteiger partial charge in [0, 0.05) is 43.3 Å². The van der Waals surface area contributed by atoms with Crippen molar-refractivity contribution in [1.29, 1.82) is 0 Å². The van der Waals surface area contributed by atoms with E-state index in [1.807, 2.05) is 48.8 Å². The Labute approximate surface area is 129 Å². The molecule has 1 unspecified atom stereocenters. The number of anilines is 1. The fourth-order valence-corrected chi connectivity index (χ4v) is 3.38. The normalized spacial score (nSPS) is 17.7. The van der Waals surface area contributed by atoms with E-state index in [1.165, 1.54) is 0 Å². The molecular formula is C16H19N3OS. The number of benzene rings is 1. The van der Waals surface area contributed by atoms with Crippen LogP contribution in [0.1, 0.15) is 17.3 Å². The Kier molecular flexibility index (Phi) is 4.31. The average molecular weight is 301 g/mol. The quantitative estimate of drug-likeness (QED) is 0.813. The predicted molar refractivity (Wildman–Crippen MR) is 86.1 cm³/mol. The zero-order valence-corrected chi connectivity index (χ0v) is 12.9. The molecule has 1 aromatic carbocycles. The molecule has 1 aliphatic heterocycles. The molecule has 1 atom stereocenters. The Morgan fingerprint density at radius 2 is 1.90 bits per heavy atom. The average Bonchev–Trinajstić information content (AvgIpc) is 3.09. The number of carbonyl (C=O) groups is 1. The summed E-state index contributed by atoms with van der Waals surface area (Å²) in [5, 5.41) is 3.08. The summed E-state index contributed by atoms with van der Waals surface area (Å²) in [6.07, 6.45) is 1.84. The van der Waals surface area contributed by atoms with E-state index >= 15 is 0 Å². The molecule has 2 heterocycles. The first-order valence-corrected chi connectivity index (χ1v) is 8.11. The summed E-state index contributed by atoms with van der Waals surface area (Å²) in [5.41, 5.74) is 0.798. The third kappa shape index (κ3) is 3.14. The largest absolute Gasteiger partial charge is 0.346 e. The first-order chi connectivity index (χ1) is 10.3. The van der Waals surface area contributed by atoms with Crippen LogP contribution in [0.25, 0.3) is 0 Å². The van der Waals surface area contributed by atoms with Crippen molar-refractivity contribution in [3.8, 4) is 0 Å². The molecule has 1 aliphatic rings. The van der Waals surface area contributed by atoms with Crippen LogP contribution in [-0.2, 0) is 0 Å². The van der Waals surface area contributed by atoms with Gasteiger partial charge in [0.1, 0.15) is 0 Å². The van der Waals surface area contributed by atoms with Gasteiger partial charge in [0.25, 0.3) is 0 Å². The number of rotatable bonds is 4. The maximum Gasteiger partial charge on any atom is 0.185 e. The first-order valence-electron chi connectivity index (χ1n) is 7.23. The molecule has 1 saturated heterocycles. The summed E-state index contributed by atoms with van der Waals surface area (Å²) >= 11 is 1.67. The molecule has 0 amide bonds. The molecule has 5 heteroatoms. The highest BCUT2D eigenvalue weighted by Crippen LogP contribution is 2.20. The van der Waals surface area contributed by atoms with Crippen LogP contribution in [0.3, 0.4) is 0 Å². The maximum atomic E-state index is 12.5. The van der Waals surface area contributed by atoms with Gasteiger partial charge >= 0.3 is 0 Å². The van der Waals surface area contributed by atoms with E-state index in [0.717, 1.165) is 36.9 Å². The summed E-state index contributed by atoms with van der Waals surface area (Å²) < 4.78 is 0. The molecule has 0 radical (unpaired) electrons. The monoisotopic (exact) mass is 301 g/mol.